The molecule has 1 saturated carbocycles. The van der Waals surface area contributed by atoms with E-state index < -0.39 is 0 Å². The fourth-order valence-electron chi connectivity index (χ4n) is 2.77. The Bertz CT molecular complexity index is 312. The van der Waals surface area contributed by atoms with Gasteiger partial charge >= 0.3 is 0 Å². The van der Waals surface area contributed by atoms with Crippen LogP contribution in [0.2, 0.25) is 0 Å². The zero-order valence-electron chi connectivity index (χ0n) is 14.1. The van der Waals surface area contributed by atoms with Gasteiger partial charge in [-0.3, -0.25) is 0 Å². The molecule has 0 N–H and O–H groups in total. The molecule has 0 aromatic heterocycles. The van der Waals surface area contributed by atoms with Gasteiger partial charge in [0.25, 0.3) is 0 Å². The lowest BCUT2D eigenvalue weighted by atomic mass is 9.95. The smallest absolute Gasteiger partial charge is 0.0159 e. The second-order valence-electron chi connectivity index (χ2n) is 5.69. The van der Waals surface area contributed by atoms with E-state index in [1.807, 2.05) is 6.92 Å². The summed E-state index contributed by atoms with van der Waals surface area (Å²) in [6.45, 7) is 11.8. The Labute approximate surface area is 127 Å². The summed E-state index contributed by atoms with van der Waals surface area (Å²) < 4.78 is 0. The molecule has 1 aromatic rings. The van der Waals surface area contributed by atoms with Crippen LogP contribution in [0.3, 0.4) is 0 Å². The molecule has 0 bridgehead atoms. The molecule has 2 rings (SSSR count). The molecule has 0 heteroatoms. The van der Waals surface area contributed by atoms with Crippen molar-refractivity contribution in [3.8, 4) is 0 Å². The Morgan fingerprint density at radius 2 is 1.65 bits per heavy atom. The molecular weight excluding hydrogens is 240 g/mol. The standard InChI is InChI=1S/C14H20.C3H8.C3H6/c1-2-6-12-9-10-14(11-12)13-7-4-3-5-8-13;2*1-3-2/h3-5,7-8,12,14H,2,6,9-11H2,1H3;3H2,1-2H3;3H,1H2,2H3. The Balaban J connectivity index is 0.000000520. The SMILES string of the molecule is C=CC.CCC.CCCC1CCC(c2ccccc2)C1. The van der Waals surface area contributed by atoms with Crippen LogP contribution in [-0.4, -0.2) is 0 Å². The van der Waals surface area contributed by atoms with E-state index in [0.29, 0.717) is 0 Å². The predicted octanol–water partition coefficient (Wildman–Crippen LogP) is 6.98. The zero-order valence-corrected chi connectivity index (χ0v) is 14.1. The molecule has 1 aliphatic carbocycles. The molecule has 2 atom stereocenters. The maximum absolute atomic E-state index is 3.36. The van der Waals surface area contributed by atoms with Crippen molar-refractivity contribution in [3.05, 3.63) is 48.6 Å². The lowest BCUT2D eigenvalue weighted by Crippen LogP contribution is -1.95. The minimum atomic E-state index is 0.854. The molecule has 0 spiro atoms. The van der Waals surface area contributed by atoms with Gasteiger partial charge in [-0.25, -0.2) is 0 Å². The fourth-order valence-corrected chi connectivity index (χ4v) is 2.77. The Hall–Kier alpha value is -1.04. The second kappa shape index (κ2) is 13.0. The average Bonchev–Trinajstić information content (AvgIpc) is 2.91. The van der Waals surface area contributed by atoms with Crippen LogP contribution in [0.4, 0.5) is 0 Å². The van der Waals surface area contributed by atoms with Gasteiger partial charge in [0.15, 0.2) is 0 Å². The van der Waals surface area contributed by atoms with Crippen LogP contribution in [-0.2, 0) is 0 Å². The second-order valence-corrected chi connectivity index (χ2v) is 5.69. The monoisotopic (exact) mass is 274 g/mol. The highest BCUT2D eigenvalue weighted by atomic mass is 14.3. The normalized spacial score (nSPS) is 20.2. The minimum absolute atomic E-state index is 0.854. The van der Waals surface area contributed by atoms with Crippen molar-refractivity contribution in [1.29, 1.82) is 0 Å². The summed E-state index contributed by atoms with van der Waals surface area (Å²) >= 11 is 0. The van der Waals surface area contributed by atoms with Crippen molar-refractivity contribution < 1.29 is 0 Å². The first kappa shape index (κ1) is 19.0. The Morgan fingerprint density at radius 1 is 1.10 bits per heavy atom. The first-order valence-electron chi connectivity index (χ1n) is 8.35. The third-order valence-corrected chi connectivity index (χ3v) is 3.51. The van der Waals surface area contributed by atoms with Crippen molar-refractivity contribution in [3.63, 3.8) is 0 Å². The molecule has 1 aromatic carbocycles. The summed E-state index contributed by atoms with van der Waals surface area (Å²) in [5.74, 6) is 1.86. The summed E-state index contributed by atoms with van der Waals surface area (Å²) in [6.07, 6.45) is 10.1. The predicted molar refractivity (Wildman–Crippen MR) is 93.3 cm³/mol. The molecule has 1 aliphatic rings. The summed E-state index contributed by atoms with van der Waals surface area (Å²) in [6, 6.07) is 11.0. The topological polar surface area (TPSA) is 0 Å². The third-order valence-electron chi connectivity index (χ3n) is 3.51. The summed E-state index contributed by atoms with van der Waals surface area (Å²) in [5.41, 5.74) is 1.56. The fraction of sp³-hybridized carbons (Fsp3) is 0.600. The quantitative estimate of drug-likeness (QED) is 0.522. The summed E-state index contributed by atoms with van der Waals surface area (Å²) in [7, 11) is 0. The van der Waals surface area contributed by atoms with Gasteiger partial charge in [-0.05, 0) is 43.6 Å². The largest absolute Gasteiger partial charge is 0.103 e. The van der Waals surface area contributed by atoms with E-state index in [2.05, 4.69) is 57.7 Å². The third kappa shape index (κ3) is 8.19. The van der Waals surface area contributed by atoms with E-state index in [-0.39, 0.29) is 0 Å². The molecule has 0 nitrogen and oxygen atoms in total. The van der Waals surface area contributed by atoms with Crippen molar-refractivity contribution >= 4 is 0 Å². The van der Waals surface area contributed by atoms with Crippen molar-refractivity contribution in [2.24, 2.45) is 5.92 Å². The van der Waals surface area contributed by atoms with Gasteiger partial charge in [-0.15, -0.1) is 6.58 Å². The summed E-state index contributed by atoms with van der Waals surface area (Å²) in [4.78, 5) is 0. The van der Waals surface area contributed by atoms with Crippen LogP contribution in [0.25, 0.3) is 0 Å². The molecule has 0 amide bonds. The molecular formula is C20H34. The average molecular weight is 274 g/mol. The van der Waals surface area contributed by atoms with Crippen LogP contribution in [0.1, 0.15) is 77.7 Å². The van der Waals surface area contributed by atoms with E-state index in [4.69, 9.17) is 0 Å². The highest BCUT2D eigenvalue weighted by Crippen LogP contribution is 2.39. The molecule has 0 aliphatic heterocycles. The number of hydrogen-bond donors (Lipinski definition) is 0. The zero-order chi connectivity index (χ0) is 15.2. The van der Waals surface area contributed by atoms with E-state index in [1.54, 1.807) is 11.6 Å². The molecule has 0 saturated heterocycles. The van der Waals surface area contributed by atoms with Crippen molar-refractivity contribution in [2.75, 3.05) is 0 Å². The molecule has 114 valence electrons. The summed E-state index contributed by atoms with van der Waals surface area (Å²) in [5, 5.41) is 0. The minimum Gasteiger partial charge on any atom is -0.103 e. The lowest BCUT2D eigenvalue weighted by molar-refractivity contribution is 0.489. The van der Waals surface area contributed by atoms with Gasteiger partial charge in [0.2, 0.25) is 0 Å². The van der Waals surface area contributed by atoms with Crippen LogP contribution >= 0.6 is 0 Å². The highest BCUT2D eigenvalue weighted by molar-refractivity contribution is 5.20. The molecule has 20 heavy (non-hydrogen) atoms. The van der Waals surface area contributed by atoms with Gasteiger partial charge in [-0.2, -0.15) is 0 Å². The van der Waals surface area contributed by atoms with Gasteiger partial charge in [0.1, 0.15) is 0 Å². The van der Waals surface area contributed by atoms with Crippen LogP contribution in [0.5, 0.6) is 0 Å². The van der Waals surface area contributed by atoms with Gasteiger partial charge < -0.3 is 0 Å². The number of hydrogen-bond acceptors (Lipinski definition) is 0. The molecule has 0 radical (unpaired) electrons. The van der Waals surface area contributed by atoms with Gasteiger partial charge in [-0.1, -0.05) is 76.4 Å². The number of rotatable bonds is 3. The lowest BCUT2D eigenvalue weighted by Gasteiger charge is -2.10. The van der Waals surface area contributed by atoms with E-state index >= 15 is 0 Å². The maximum Gasteiger partial charge on any atom is -0.0159 e. The van der Waals surface area contributed by atoms with Gasteiger partial charge in [0.05, 0.1) is 0 Å². The van der Waals surface area contributed by atoms with Crippen molar-refractivity contribution in [1.82, 2.24) is 0 Å². The van der Waals surface area contributed by atoms with Crippen LogP contribution in [0, 0.1) is 5.92 Å². The maximum atomic E-state index is 3.36. The van der Waals surface area contributed by atoms with Gasteiger partial charge in [0, 0.05) is 0 Å². The number of benzene rings is 1. The van der Waals surface area contributed by atoms with E-state index in [9.17, 15) is 0 Å². The van der Waals surface area contributed by atoms with Crippen molar-refractivity contribution in [2.45, 2.75) is 72.1 Å². The Morgan fingerprint density at radius 3 is 2.15 bits per heavy atom. The van der Waals surface area contributed by atoms with E-state index in [0.717, 1.165) is 11.8 Å². The first-order valence-corrected chi connectivity index (χ1v) is 8.35. The molecule has 2 unspecified atom stereocenters. The molecule has 1 fully saturated rings. The molecule has 0 heterocycles. The first-order chi connectivity index (χ1) is 9.73. The highest BCUT2D eigenvalue weighted by Gasteiger charge is 2.24. The van der Waals surface area contributed by atoms with E-state index in [1.165, 1.54) is 38.5 Å². The van der Waals surface area contributed by atoms with Crippen LogP contribution < -0.4 is 0 Å². The van der Waals surface area contributed by atoms with Crippen LogP contribution in [0.15, 0.2) is 43.0 Å². The Kier molecular flexibility index (Phi) is 12.3. The number of allylic oxidation sites excluding steroid dienone is 1.